The Hall–Kier alpha value is -1.11. The van der Waals surface area contributed by atoms with Crippen molar-refractivity contribution in [3.05, 3.63) is 0 Å². The summed E-state index contributed by atoms with van der Waals surface area (Å²) in [6, 6.07) is 0.210. The molecule has 1 unspecified atom stereocenters. The van der Waals surface area contributed by atoms with E-state index in [2.05, 4.69) is 5.32 Å². The number of carboxylic acids is 1. The number of sulfone groups is 1. The van der Waals surface area contributed by atoms with E-state index in [-0.39, 0.29) is 24.1 Å². The number of rotatable bonds is 7. The third-order valence-corrected chi connectivity index (χ3v) is 4.80. The second kappa shape index (κ2) is 5.48. The standard InChI is InChI=1S/C10H17NO5S/c1-7(6-10(13)14)17(15,16)5-4-9(12)11-8-2-3-8/h7-8H,2-6H2,1H3,(H,11,12)(H,13,14). The number of carbonyl (C=O) groups is 2. The molecule has 0 spiro atoms. The van der Waals surface area contributed by atoms with Gasteiger partial charge >= 0.3 is 5.97 Å². The minimum absolute atomic E-state index is 0.0945. The average molecular weight is 263 g/mol. The summed E-state index contributed by atoms with van der Waals surface area (Å²) in [7, 11) is -3.51. The molecular formula is C10H17NO5S. The van der Waals surface area contributed by atoms with Gasteiger partial charge in [-0.15, -0.1) is 0 Å². The Morgan fingerprint density at radius 1 is 1.41 bits per heavy atom. The molecule has 0 saturated heterocycles. The normalized spacial score (nSPS) is 17.5. The summed E-state index contributed by atoms with van der Waals surface area (Å²) in [5.74, 6) is -1.72. The molecular weight excluding hydrogens is 246 g/mol. The molecule has 0 heterocycles. The van der Waals surface area contributed by atoms with Gasteiger partial charge in [0, 0.05) is 12.5 Å². The van der Waals surface area contributed by atoms with Gasteiger partial charge in [-0.3, -0.25) is 9.59 Å². The van der Waals surface area contributed by atoms with Crippen molar-refractivity contribution < 1.29 is 23.1 Å². The highest BCUT2D eigenvalue weighted by Crippen LogP contribution is 2.18. The summed E-state index contributed by atoms with van der Waals surface area (Å²) in [4.78, 5) is 21.7. The molecule has 0 bridgehead atoms. The Bertz CT molecular complexity index is 399. The monoisotopic (exact) mass is 263 g/mol. The predicted octanol–water partition coefficient (Wildman–Crippen LogP) is -0.0669. The van der Waals surface area contributed by atoms with Crippen molar-refractivity contribution in [2.24, 2.45) is 0 Å². The molecule has 1 aliphatic carbocycles. The molecule has 0 aliphatic heterocycles. The summed E-state index contributed by atoms with van der Waals surface area (Å²) in [5, 5.41) is 10.2. The lowest BCUT2D eigenvalue weighted by Gasteiger charge is -2.10. The first-order valence-corrected chi connectivity index (χ1v) is 7.25. The van der Waals surface area contributed by atoms with Crippen molar-refractivity contribution >= 4 is 21.7 Å². The van der Waals surface area contributed by atoms with E-state index in [0.717, 1.165) is 12.8 Å². The number of nitrogens with one attached hydrogen (secondary N) is 1. The van der Waals surface area contributed by atoms with Crippen LogP contribution in [0, 0.1) is 0 Å². The smallest absolute Gasteiger partial charge is 0.304 e. The summed E-state index contributed by atoms with van der Waals surface area (Å²) >= 11 is 0. The molecule has 6 nitrogen and oxygen atoms in total. The highest BCUT2D eigenvalue weighted by molar-refractivity contribution is 7.92. The quantitative estimate of drug-likeness (QED) is 0.670. The van der Waals surface area contributed by atoms with Gasteiger partial charge < -0.3 is 10.4 Å². The number of carbonyl (C=O) groups excluding carboxylic acids is 1. The van der Waals surface area contributed by atoms with Crippen molar-refractivity contribution in [3.8, 4) is 0 Å². The number of hydrogen-bond donors (Lipinski definition) is 2. The van der Waals surface area contributed by atoms with E-state index in [4.69, 9.17) is 5.11 Å². The van der Waals surface area contributed by atoms with E-state index < -0.39 is 27.5 Å². The maximum Gasteiger partial charge on any atom is 0.304 e. The second-order valence-electron chi connectivity index (χ2n) is 4.37. The maximum absolute atomic E-state index is 11.6. The lowest BCUT2D eigenvalue weighted by molar-refractivity contribution is -0.136. The van der Waals surface area contributed by atoms with E-state index in [0.29, 0.717) is 0 Å². The molecule has 17 heavy (non-hydrogen) atoms. The van der Waals surface area contributed by atoms with Gasteiger partial charge in [-0.2, -0.15) is 0 Å². The zero-order valence-electron chi connectivity index (χ0n) is 9.68. The Labute approximate surface area is 100 Å². The SMILES string of the molecule is CC(CC(=O)O)S(=O)(=O)CCC(=O)NC1CC1. The van der Waals surface area contributed by atoms with Crippen molar-refractivity contribution in [1.29, 1.82) is 0 Å². The Morgan fingerprint density at radius 3 is 2.47 bits per heavy atom. The van der Waals surface area contributed by atoms with Crippen LogP contribution in [0.5, 0.6) is 0 Å². The first kappa shape index (κ1) is 14.0. The third kappa shape index (κ3) is 5.16. The lowest BCUT2D eigenvalue weighted by atomic mass is 10.3. The van der Waals surface area contributed by atoms with Crippen LogP contribution in [0.25, 0.3) is 0 Å². The Kier molecular flexibility index (Phi) is 4.50. The molecule has 98 valence electrons. The number of amides is 1. The molecule has 0 radical (unpaired) electrons. The van der Waals surface area contributed by atoms with Gasteiger partial charge in [0.05, 0.1) is 17.4 Å². The largest absolute Gasteiger partial charge is 0.481 e. The van der Waals surface area contributed by atoms with Crippen LogP contribution in [0.3, 0.4) is 0 Å². The highest BCUT2D eigenvalue weighted by Gasteiger charge is 2.26. The van der Waals surface area contributed by atoms with Crippen LogP contribution >= 0.6 is 0 Å². The van der Waals surface area contributed by atoms with E-state index in [1.165, 1.54) is 6.92 Å². The molecule has 1 amide bonds. The van der Waals surface area contributed by atoms with Crippen LogP contribution in [0.1, 0.15) is 32.6 Å². The van der Waals surface area contributed by atoms with Crippen LogP contribution in [0.15, 0.2) is 0 Å². The van der Waals surface area contributed by atoms with Crippen molar-refractivity contribution in [2.75, 3.05) is 5.75 Å². The average Bonchev–Trinajstić information content (AvgIpc) is 2.98. The molecule has 1 saturated carbocycles. The van der Waals surface area contributed by atoms with Crippen LogP contribution in [0.2, 0.25) is 0 Å². The van der Waals surface area contributed by atoms with Gasteiger partial charge in [0.1, 0.15) is 0 Å². The van der Waals surface area contributed by atoms with Gasteiger partial charge in [0.2, 0.25) is 5.91 Å². The van der Waals surface area contributed by atoms with Crippen molar-refractivity contribution in [2.45, 2.75) is 43.9 Å². The Morgan fingerprint density at radius 2 is 2.00 bits per heavy atom. The van der Waals surface area contributed by atoms with Crippen LogP contribution in [-0.4, -0.2) is 42.4 Å². The number of aliphatic carboxylic acids is 1. The molecule has 0 aromatic carbocycles. The third-order valence-electron chi connectivity index (χ3n) is 2.63. The topological polar surface area (TPSA) is 101 Å². The van der Waals surface area contributed by atoms with Gasteiger partial charge in [-0.1, -0.05) is 0 Å². The summed E-state index contributed by atoms with van der Waals surface area (Å²) < 4.78 is 23.3. The van der Waals surface area contributed by atoms with E-state index in [9.17, 15) is 18.0 Å². The first-order valence-electron chi connectivity index (χ1n) is 5.54. The van der Waals surface area contributed by atoms with Gasteiger partial charge in [0.25, 0.3) is 0 Å². The first-order chi connectivity index (χ1) is 7.81. The van der Waals surface area contributed by atoms with Crippen molar-refractivity contribution in [1.82, 2.24) is 5.32 Å². The van der Waals surface area contributed by atoms with Crippen LogP contribution in [-0.2, 0) is 19.4 Å². The zero-order chi connectivity index (χ0) is 13.1. The summed E-state index contributed by atoms with van der Waals surface area (Å²) in [6.45, 7) is 1.35. The fraction of sp³-hybridized carbons (Fsp3) is 0.800. The summed E-state index contributed by atoms with van der Waals surface area (Å²) in [6.07, 6.45) is 1.39. The molecule has 1 atom stereocenters. The van der Waals surface area contributed by atoms with E-state index in [1.807, 2.05) is 0 Å². The fourth-order valence-electron chi connectivity index (χ4n) is 1.34. The van der Waals surface area contributed by atoms with Gasteiger partial charge in [-0.25, -0.2) is 8.42 Å². The molecule has 7 heteroatoms. The molecule has 0 aromatic heterocycles. The van der Waals surface area contributed by atoms with Gasteiger partial charge in [-0.05, 0) is 19.8 Å². The second-order valence-corrected chi connectivity index (χ2v) is 6.91. The van der Waals surface area contributed by atoms with E-state index >= 15 is 0 Å². The predicted molar refractivity (Wildman–Crippen MR) is 61.3 cm³/mol. The molecule has 1 fully saturated rings. The molecule has 0 aromatic rings. The highest BCUT2D eigenvalue weighted by atomic mass is 32.2. The Balaban J connectivity index is 2.36. The van der Waals surface area contributed by atoms with Gasteiger partial charge in [0.15, 0.2) is 9.84 Å². The maximum atomic E-state index is 11.6. The minimum Gasteiger partial charge on any atom is -0.481 e. The fourth-order valence-corrected chi connectivity index (χ4v) is 2.61. The van der Waals surface area contributed by atoms with Crippen LogP contribution in [0.4, 0.5) is 0 Å². The van der Waals surface area contributed by atoms with E-state index in [1.54, 1.807) is 0 Å². The molecule has 1 aliphatic rings. The lowest BCUT2D eigenvalue weighted by Crippen LogP contribution is -2.30. The minimum atomic E-state index is -3.51. The van der Waals surface area contributed by atoms with Crippen LogP contribution < -0.4 is 5.32 Å². The molecule has 1 rings (SSSR count). The zero-order valence-corrected chi connectivity index (χ0v) is 10.5. The summed E-state index contributed by atoms with van der Waals surface area (Å²) in [5.41, 5.74) is 0. The number of carboxylic acid groups (broad SMARTS) is 1. The molecule has 2 N–H and O–H groups in total. The van der Waals surface area contributed by atoms with Crippen molar-refractivity contribution in [3.63, 3.8) is 0 Å². The number of hydrogen-bond acceptors (Lipinski definition) is 4.